The third-order valence-corrected chi connectivity index (χ3v) is 4.64. The summed E-state index contributed by atoms with van der Waals surface area (Å²) in [6.07, 6.45) is 2.03. The number of hydrogen-bond donors (Lipinski definition) is 2. The normalized spacial score (nSPS) is 17.7. The second kappa shape index (κ2) is 14.0. The molecule has 1 fully saturated rings. The van der Waals surface area contributed by atoms with Crippen LogP contribution in [0, 0.1) is 12.8 Å². The molecule has 2 N–H and O–H groups in total. The van der Waals surface area contributed by atoms with Crippen LogP contribution in [0.1, 0.15) is 43.9 Å². The van der Waals surface area contributed by atoms with Gasteiger partial charge < -0.3 is 24.8 Å². The highest BCUT2D eigenvalue weighted by atomic mass is 127. The molecule has 1 aromatic rings. The molecule has 28 heavy (non-hydrogen) atoms. The van der Waals surface area contributed by atoms with Gasteiger partial charge in [-0.25, -0.2) is 0 Å². The Morgan fingerprint density at radius 3 is 2.89 bits per heavy atom. The number of methoxy groups -OCH3 is 1. The number of hydrogen-bond acceptors (Lipinski definition) is 4. The van der Waals surface area contributed by atoms with E-state index in [1.165, 1.54) is 5.56 Å². The largest absolute Gasteiger partial charge is 0.496 e. The minimum Gasteiger partial charge on any atom is -0.496 e. The summed E-state index contributed by atoms with van der Waals surface area (Å²) in [5, 5.41) is 6.79. The summed E-state index contributed by atoms with van der Waals surface area (Å²) in [6, 6.07) is 6.32. The lowest BCUT2D eigenvalue weighted by molar-refractivity contribution is 0.0893. The molecule has 1 heterocycles. The third-order valence-electron chi connectivity index (χ3n) is 4.64. The van der Waals surface area contributed by atoms with Gasteiger partial charge in [-0.3, -0.25) is 4.99 Å². The van der Waals surface area contributed by atoms with Crippen LogP contribution in [0.4, 0.5) is 0 Å². The number of aliphatic imine (C=N–C) groups is 1. The number of nitrogens with one attached hydrogen (secondary N) is 2. The van der Waals surface area contributed by atoms with E-state index in [1.807, 2.05) is 6.07 Å². The van der Waals surface area contributed by atoms with Gasteiger partial charge in [0.1, 0.15) is 5.75 Å². The van der Waals surface area contributed by atoms with Crippen molar-refractivity contribution in [3.05, 3.63) is 29.3 Å². The van der Waals surface area contributed by atoms with E-state index in [1.54, 1.807) is 7.11 Å². The standard InChI is InChI=1S/C21H35N3O3.HI/c1-5-22-21(23-10-6-11-26-14-18-9-12-27-15-18)24-17(3)19-13-16(2)7-8-20(19)25-4;/h7-8,13,17-18H,5-6,9-12,14-15H2,1-4H3,(H2,22,23,24);1H. The number of ether oxygens (including phenoxy) is 3. The molecule has 1 aliphatic heterocycles. The van der Waals surface area contributed by atoms with Gasteiger partial charge in [-0.05, 0) is 39.7 Å². The molecular weight excluding hydrogens is 469 g/mol. The van der Waals surface area contributed by atoms with Crippen LogP contribution >= 0.6 is 24.0 Å². The minimum absolute atomic E-state index is 0. The fourth-order valence-corrected chi connectivity index (χ4v) is 3.12. The van der Waals surface area contributed by atoms with Crippen molar-refractivity contribution in [3.8, 4) is 5.75 Å². The van der Waals surface area contributed by atoms with Gasteiger partial charge in [0.25, 0.3) is 0 Å². The SMILES string of the molecule is CCNC(=NCCCOCC1CCOC1)NC(C)c1cc(C)ccc1OC.I. The molecule has 0 radical (unpaired) electrons. The lowest BCUT2D eigenvalue weighted by atomic mass is 10.0. The van der Waals surface area contributed by atoms with Gasteiger partial charge >= 0.3 is 0 Å². The Balaban J connectivity index is 0.00000392. The summed E-state index contributed by atoms with van der Waals surface area (Å²) in [5.41, 5.74) is 2.34. The first kappa shape index (κ1) is 25.0. The highest BCUT2D eigenvalue weighted by Crippen LogP contribution is 2.25. The monoisotopic (exact) mass is 505 g/mol. The van der Waals surface area contributed by atoms with Gasteiger partial charge in [0, 0.05) is 37.8 Å². The van der Waals surface area contributed by atoms with Crippen molar-refractivity contribution in [1.29, 1.82) is 0 Å². The number of aryl methyl sites for hydroxylation is 1. The fourth-order valence-electron chi connectivity index (χ4n) is 3.12. The van der Waals surface area contributed by atoms with Crippen molar-refractivity contribution in [2.45, 2.75) is 39.7 Å². The van der Waals surface area contributed by atoms with Crippen molar-refractivity contribution in [2.24, 2.45) is 10.9 Å². The average Bonchev–Trinajstić information content (AvgIpc) is 3.18. The number of halogens is 1. The number of rotatable bonds is 10. The lowest BCUT2D eigenvalue weighted by Gasteiger charge is -2.20. The molecule has 0 aliphatic carbocycles. The molecule has 0 spiro atoms. The first-order valence-electron chi connectivity index (χ1n) is 9.99. The Morgan fingerprint density at radius 1 is 1.39 bits per heavy atom. The van der Waals surface area contributed by atoms with Crippen molar-refractivity contribution < 1.29 is 14.2 Å². The summed E-state index contributed by atoms with van der Waals surface area (Å²) in [6.45, 7) is 11.1. The van der Waals surface area contributed by atoms with E-state index < -0.39 is 0 Å². The van der Waals surface area contributed by atoms with Crippen LogP contribution in [0.25, 0.3) is 0 Å². The minimum atomic E-state index is 0. The van der Waals surface area contributed by atoms with Crippen LogP contribution in [0.2, 0.25) is 0 Å². The highest BCUT2D eigenvalue weighted by Gasteiger charge is 2.15. The second-order valence-electron chi connectivity index (χ2n) is 7.03. The van der Waals surface area contributed by atoms with Crippen LogP contribution in [-0.2, 0) is 9.47 Å². The summed E-state index contributed by atoms with van der Waals surface area (Å²) in [4.78, 5) is 4.68. The van der Waals surface area contributed by atoms with Crippen molar-refractivity contribution in [1.82, 2.24) is 10.6 Å². The molecule has 2 unspecified atom stereocenters. The van der Waals surface area contributed by atoms with Gasteiger partial charge in [0.15, 0.2) is 5.96 Å². The zero-order valence-electron chi connectivity index (χ0n) is 17.6. The average molecular weight is 505 g/mol. The Hall–Kier alpha value is -1.06. The van der Waals surface area contributed by atoms with E-state index in [0.717, 1.165) is 69.6 Å². The third kappa shape index (κ3) is 8.53. The Bertz CT molecular complexity index is 592. The van der Waals surface area contributed by atoms with Crippen LogP contribution in [0.5, 0.6) is 5.75 Å². The van der Waals surface area contributed by atoms with Gasteiger partial charge in [-0.2, -0.15) is 0 Å². The quantitative estimate of drug-likeness (QED) is 0.220. The lowest BCUT2D eigenvalue weighted by Crippen LogP contribution is -2.39. The maximum Gasteiger partial charge on any atom is 0.191 e. The smallest absolute Gasteiger partial charge is 0.191 e. The van der Waals surface area contributed by atoms with Gasteiger partial charge in [0.05, 0.1) is 26.4 Å². The zero-order valence-corrected chi connectivity index (χ0v) is 20.0. The first-order chi connectivity index (χ1) is 13.1. The van der Waals surface area contributed by atoms with E-state index in [9.17, 15) is 0 Å². The maximum absolute atomic E-state index is 5.75. The second-order valence-corrected chi connectivity index (χ2v) is 7.03. The maximum atomic E-state index is 5.75. The van der Waals surface area contributed by atoms with Crippen LogP contribution < -0.4 is 15.4 Å². The predicted octanol–water partition coefficient (Wildman–Crippen LogP) is 3.68. The predicted molar refractivity (Wildman–Crippen MR) is 125 cm³/mol. The Labute approximate surface area is 186 Å². The number of benzene rings is 1. The highest BCUT2D eigenvalue weighted by molar-refractivity contribution is 14.0. The van der Waals surface area contributed by atoms with Crippen molar-refractivity contribution >= 4 is 29.9 Å². The van der Waals surface area contributed by atoms with Crippen molar-refractivity contribution in [2.75, 3.05) is 46.6 Å². The number of nitrogens with zero attached hydrogens (tertiary/aromatic N) is 1. The Morgan fingerprint density at radius 2 is 2.21 bits per heavy atom. The van der Waals surface area contributed by atoms with Crippen LogP contribution in [0.3, 0.4) is 0 Å². The topological polar surface area (TPSA) is 64.1 Å². The summed E-state index contributed by atoms with van der Waals surface area (Å²) in [5.74, 6) is 2.27. The molecule has 6 nitrogen and oxygen atoms in total. The van der Waals surface area contributed by atoms with E-state index in [4.69, 9.17) is 14.2 Å². The van der Waals surface area contributed by atoms with E-state index in [2.05, 4.69) is 48.5 Å². The van der Waals surface area contributed by atoms with E-state index >= 15 is 0 Å². The molecule has 7 heteroatoms. The summed E-state index contributed by atoms with van der Waals surface area (Å²) in [7, 11) is 1.71. The van der Waals surface area contributed by atoms with Crippen molar-refractivity contribution in [3.63, 3.8) is 0 Å². The van der Waals surface area contributed by atoms with Gasteiger partial charge in [-0.1, -0.05) is 17.7 Å². The summed E-state index contributed by atoms with van der Waals surface area (Å²) < 4.78 is 16.6. The molecule has 1 aliphatic rings. The fraction of sp³-hybridized carbons (Fsp3) is 0.667. The molecule has 0 amide bonds. The molecule has 0 saturated carbocycles. The Kier molecular flexibility index (Phi) is 12.5. The van der Waals surface area contributed by atoms with Gasteiger partial charge in [0.2, 0.25) is 0 Å². The number of guanidine groups is 1. The molecule has 1 aromatic carbocycles. The molecule has 0 aromatic heterocycles. The molecule has 160 valence electrons. The molecule has 2 rings (SSSR count). The molecule has 1 saturated heterocycles. The van der Waals surface area contributed by atoms with Gasteiger partial charge in [-0.15, -0.1) is 24.0 Å². The van der Waals surface area contributed by atoms with E-state index in [-0.39, 0.29) is 30.0 Å². The van der Waals surface area contributed by atoms with E-state index in [0.29, 0.717) is 5.92 Å². The molecule has 2 atom stereocenters. The van der Waals surface area contributed by atoms with Crippen LogP contribution in [0.15, 0.2) is 23.2 Å². The molecule has 0 bridgehead atoms. The first-order valence-corrected chi connectivity index (χ1v) is 9.99. The zero-order chi connectivity index (χ0) is 19.5. The molecular formula is C21H36IN3O3. The van der Waals surface area contributed by atoms with Crippen LogP contribution in [-0.4, -0.2) is 52.6 Å². The summed E-state index contributed by atoms with van der Waals surface area (Å²) >= 11 is 0.